The lowest BCUT2D eigenvalue weighted by Crippen LogP contribution is -1.70. The van der Waals surface area contributed by atoms with Crippen LogP contribution < -0.4 is 0 Å². The maximum atomic E-state index is 7.39. The maximum Gasteiger partial charge on any atom is 0.0626 e. The molecule has 0 aliphatic rings. The molecule has 1 aromatic rings. The van der Waals surface area contributed by atoms with Gasteiger partial charge in [0.25, 0.3) is 0 Å². The molecule has 0 atom stereocenters. The van der Waals surface area contributed by atoms with Crippen LogP contribution in [0.15, 0.2) is 24.2 Å². The van der Waals surface area contributed by atoms with Crippen molar-refractivity contribution in [2.45, 2.75) is 13.8 Å². The third-order valence-electron chi connectivity index (χ3n) is 1.03. The van der Waals surface area contributed by atoms with Gasteiger partial charge in [0, 0.05) is 1.37 Å². The van der Waals surface area contributed by atoms with Gasteiger partial charge < -0.3 is 0 Å². The molecule has 1 aromatic carbocycles. The second-order valence-electron chi connectivity index (χ2n) is 1.89. The number of hydrogen-bond donors (Lipinski definition) is 0. The number of benzene rings is 1. The van der Waals surface area contributed by atoms with Crippen LogP contribution in [0.4, 0.5) is 0 Å². The van der Waals surface area contributed by atoms with Gasteiger partial charge in [-0.2, -0.15) is 0 Å². The molecular formula is C8H10. The zero-order valence-electron chi connectivity index (χ0n) is 6.94. The predicted molar refractivity (Wildman–Crippen MR) is 35.9 cm³/mol. The normalized spacial score (nSPS) is 12.6. The van der Waals surface area contributed by atoms with Crippen LogP contribution in [0.1, 0.15) is 13.9 Å². The monoisotopic (exact) mass is 108 g/mol. The minimum Gasteiger partial charge on any atom is -0.0591 e. The minimum absolute atomic E-state index is 0.207. The van der Waals surface area contributed by atoms with Crippen LogP contribution in [0.25, 0.3) is 0 Å². The summed E-state index contributed by atoms with van der Waals surface area (Å²) < 4.78 is 14.4. The highest BCUT2D eigenvalue weighted by molar-refractivity contribution is 5.19. The van der Waals surface area contributed by atoms with E-state index in [4.69, 9.17) is 2.74 Å². The van der Waals surface area contributed by atoms with Crippen molar-refractivity contribution in [1.29, 1.82) is 0 Å². The Bertz CT molecular complexity index is 231. The highest BCUT2D eigenvalue weighted by Gasteiger charge is 1.79. The molecule has 0 aliphatic heterocycles. The van der Waals surface area contributed by atoms with E-state index in [0.29, 0.717) is 6.04 Å². The van der Waals surface area contributed by atoms with Crippen LogP contribution in [0.5, 0.6) is 0 Å². The van der Waals surface area contributed by atoms with Crippen LogP contribution in [0, 0.1) is 13.8 Å². The summed E-state index contributed by atoms with van der Waals surface area (Å²) in [6.07, 6.45) is 0. The van der Waals surface area contributed by atoms with Gasteiger partial charge in [0.15, 0.2) is 0 Å². The van der Waals surface area contributed by atoms with Gasteiger partial charge in [-0.3, -0.25) is 0 Å². The average Bonchev–Trinajstić information content (AvgIpc) is 1.88. The first-order valence-electron chi connectivity index (χ1n) is 3.80. The Morgan fingerprint density at radius 1 is 1.38 bits per heavy atom. The van der Waals surface area contributed by atoms with Crippen molar-refractivity contribution < 1.29 is 2.74 Å². The topological polar surface area (TPSA) is 0 Å². The van der Waals surface area contributed by atoms with Gasteiger partial charge in [-0.05, 0) is 13.8 Å². The van der Waals surface area contributed by atoms with Gasteiger partial charge >= 0.3 is 0 Å². The van der Waals surface area contributed by atoms with E-state index >= 15 is 0 Å². The molecule has 1 rings (SSSR count). The highest BCUT2D eigenvalue weighted by Crippen LogP contribution is 1.99. The largest absolute Gasteiger partial charge is 0.0626 e. The van der Waals surface area contributed by atoms with Gasteiger partial charge in [-0.15, -0.1) is 0 Å². The van der Waals surface area contributed by atoms with Gasteiger partial charge in [0.1, 0.15) is 0 Å². The molecule has 0 heterocycles. The SMILES string of the molecule is [2H]Cc1ccc(C)cc1[2H]. The summed E-state index contributed by atoms with van der Waals surface area (Å²) in [5, 5.41) is 0. The second kappa shape index (κ2) is 1.99. The Morgan fingerprint density at radius 3 is 2.75 bits per heavy atom. The number of hydrogen-bond acceptors (Lipinski definition) is 0. The van der Waals surface area contributed by atoms with Crippen molar-refractivity contribution in [2.24, 2.45) is 0 Å². The van der Waals surface area contributed by atoms with E-state index < -0.39 is 0 Å². The van der Waals surface area contributed by atoms with Gasteiger partial charge in [-0.25, -0.2) is 0 Å². The zero-order chi connectivity index (χ0) is 7.56. The zero-order valence-corrected chi connectivity index (χ0v) is 4.94. The molecule has 0 saturated carbocycles. The second-order valence-corrected chi connectivity index (χ2v) is 1.89. The fourth-order valence-corrected chi connectivity index (χ4v) is 0.535. The summed E-state index contributed by atoms with van der Waals surface area (Å²) in [6.45, 7) is 2.16. The van der Waals surface area contributed by atoms with Crippen molar-refractivity contribution in [2.75, 3.05) is 0 Å². The van der Waals surface area contributed by atoms with Crippen molar-refractivity contribution in [3.63, 3.8) is 0 Å². The molecule has 0 bridgehead atoms. The Kier molecular flexibility index (Phi) is 0.819. The lowest BCUT2D eigenvalue weighted by atomic mass is 10.2. The Labute approximate surface area is 53.0 Å². The van der Waals surface area contributed by atoms with E-state index in [-0.39, 0.29) is 6.90 Å². The van der Waals surface area contributed by atoms with Crippen molar-refractivity contribution in [3.05, 3.63) is 35.4 Å². The van der Waals surface area contributed by atoms with Crippen LogP contribution in [-0.2, 0) is 0 Å². The summed E-state index contributed by atoms with van der Waals surface area (Å²) in [7, 11) is 0. The molecule has 0 heteroatoms. The number of aryl methyl sites for hydroxylation is 2. The van der Waals surface area contributed by atoms with E-state index in [9.17, 15) is 0 Å². The smallest absolute Gasteiger partial charge is 0.0591 e. The van der Waals surface area contributed by atoms with Crippen molar-refractivity contribution in [3.8, 4) is 0 Å². The van der Waals surface area contributed by atoms with Crippen LogP contribution >= 0.6 is 0 Å². The molecule has 0 amide bonds. The average molecular weight is 108 g/mol. The quantitative estimate of drug-likeness (QED) is 0.478. The summed E-state index contributed by atoms with van der Waals surface area (Å²) >= 11 is 0. The summed E-state index contributed by atoms with van der Waals surface area (Å²) in [5.74, 6) is 0. The van der Waals surface area contributed by atoms with E-state index in [1.807, 2.05) is 19.1 Å². The summed E-state index contributed by atoms with van der Waals surface area (Å²) in [6, 6.07) is 6.03. The van der Waals surface area contributed by atoms with Crippen LogP contribution in [0.2, 0.25) is 0 Å². The van der Waals surface area contributed by atoms with E-state index in [1.165, 1.54) is 0 Å². The Balaban J connectivity index is 3.07. The van der Waals surface area contributed by atoms with Crippen molar-refractivity contribution in [1.82, 2.24) is 0 Å². The fourth-order valence-electron chi connectivity index (χ4n) is 0.535. The standard InChI is InChI=1S/C8H10/c1-7-3-5-8(2)6-4-7/h3-6H,1-2H3/i1D,3D. The molecule has 0 aliphatic carbocycles. The maximum absolute atomic E-state index is 7.39. The molecule has 0 N–H and O–H groups in total. The molecular weight excluding hydrogens is 96.1 g/mol. The van der Waals surface area contributed by atoms with Gasteiger partial charge in [-0.1, -0.05) is 35.4 Å². The summed E-state index contributed by atoms with van der Waals surface area (Å²) in [4.78, 5) is 0. The molecule has 0 radical (unpaired) electrons. The van der Waals surface area contributed by atoms with Crippen LogP contribution in [0.3, 0.4) is 0 Å². The predicted octanol–water partition coefficient (Wildman–Crippen LogP) is 2.30. The molecule has 0 fully saturated rings. The first kappa shape index (κ1) is 3.29. The van der Waals surface area contributed by atoms with Crippen LogP contribution in [-0.4, -0.2) is 0 Å². The third kappa shape index (κ3) is 1.09. The highest BCUT2D eigenvalue weighted by atomic mass is 13.9. The molecule has 0 spiro atoms. The minimum atomic E-state index is 0.207. The van der Waals surface area contributed by atoms with Gasteiger partial charge in [0.05, 0.1) is 1.37 Å². The van der Waals surface area contributed by atoms with E-state index in [2.05, 4.69) is 0 Å². The number of rotatable bonds is 0. The molecule has 0 unspecified atom stereocenters. The summed E-state index contributed by atoms with van der Waals surface area (Å²) in [5.41, 5.74) is 1.88. The molecule has 8 heavy (non-hydrogen) atoms. The Hall–Kier alpha value is -0.780. The molecule has 0 nitrogen and oxygen atoms in total. The van der Waals surface area contributed by atoms with E-state index in [1.54, 1.807) is 6.07 Å². The fraction of sp³-hybridized carbons (Fsp3) is 0.250. The molecule has 42 valence electrons. The molecule has 0 saturated heterocycles. The molecule has 0 aromatic heterocycles. The third-order valence-corrected chi connectivity index (χ3v) is 1.03. The van der Waals surface area contributed by atoms with E-state index in [0.717, 1.165) is 11.1 Å². The lowest BCUT2D eigenvalue weighted by Gasteiger charge is -1.90. The first-order chi connectivity index (χ1) is 4.74. The van der Waals surface area contributed by atoms with Gasteiger partial charge in [0.2, 0.25) is 0 Å². The lowest BCUT2D eigenvalue weighted by molar-refractivity contribution is 1.40. The van der Waals surface area contributed by atoms with Crippen molar-refractivity contribution >= 4 is 0 Å². The first-order valence-corrected chi connectivity index (χ1v) is 2.59. The Morgan fingerprint density at radius 2 is 2.12 bits per heavy atom.